The van der Waals surface area contributed by atoms with E-state index in [9.17, 15) is 0 Å². The van der Waals surface area contributed by atoms with E-state index in [1.54, 1.807) is 0 Å². The van der Waals surface area contributed by atoms with Crippen LogP contribution >= 0.6 is 22.7 Å². The number of allylic oxidation sites excluding steroid dienone is 1. The van der Waals surface area contributed by atoms with Crippen molar-refractivity contribution in [2.45, 2.75) is 37.8 Å². The molecule has 2 saturated heterocycles. The Bertz CT molecular complexity index is 599. The van der Waals surface area contributed by atoms with Crippen molar-refractivity contribution in [2.24, 2.45) is 5.92 Å². The maximum Gasteiger partial charge on any atom is 0.0896 e. The lowest BCUT2D eigenvalue weighted by molar-refractivity contribution is -0.931. The largest absolute Gasteiger partial charge is 0.324 e. The van der Waals surface area contributed by atoms with Crippen LogP contribution in [0.3, 0.4) is 0 Å². The molecule has 4 heterocycles. The Hall–Kier alpha value is -0.900. The summed E-state index contributed by atoms with van der Waals surface area (Å²) in [5.41, 5.74) is 1.47. The average molecular weight is 331 g/mol. The van der Waals surface area contributed by atoms with Crippen molar-refractivity contribution in [3.05, 3.63) is 50.9 Å². The fraction of sp³-hybridized carbons (Fsp3) is 0.474. The Balaban J connectivity index is 1.65. The van der Waals surface area contributed by atoms with Gasteiger partial charge in [-0.15, -0.1) is 22.7 Å². The highest BCUT2D eigenvalue weighted by Crippen LogP contribution is 2.44. The summed E-state index contributed by atoms with van der Waals surface area (Å²) in [5, 5.41) is 4.39. The number of hydrogen-bond acceptors (Lipinski definition) is 2. The summed E-state index contributed by atoms with van der Waals surface area (Å²) in [6.07, 6.45) is 8.18. The number of nitrogens with zero attached hydrogens (tertiary/aromatic N) is 1. The smallest absolute Gasteiger partial charge is 0.0896 e. The van der Waals surface area contributed by atoms with Crippen LogP contribution in [0.25, 0.3) is 5.57 Å². The molecule has 0 N–H and O–H groups in total. The molecule has 0 radical (unpaired) electrons. The van der Waals surface area contributed by atoms with Crippen LogP contribution in [0.15, 0.2) is 41.1 Å². The number of quaternary nitrogens is 1. The van der Waals surface area contributed by atoms with E-state index in [4.69, 9.17) is 0 Å². The summed E-state index contributed by atoms with van der Waals surface area (Å²) in [6.45, 7) is 0. The standard InChI is InChI=1S/C19H24NS2/c1-20(2)15-7-8-16(20)12-14(11-15)13-17(18-5-3-9-21-18)19-6-4-10-22-19/h3-6,9-10,13-16H,7-8,11-12H2,1-2H3/q+1/t14-,15+,16-. The van der Waals surface area contributed by atoms with Gasteiger partial charge in [-0.1, -0.05) is 18.2 Å². The summed E-state index contributed by atoms with van der Waals surface area (Å²) in [4.78, 5) is 2.85. The lowest BCUT2D eigenvalue weighted by atomic mass is 9.87. The summed E-state index contributed by atoms with van der Waals surface area (Å²) < 4.78 is 1.26. The number of thiophene rings is 2. The molecule has 2 aromatic heterocycles. The minimum Gasteiger partial charge on any atom is -0.324 e. The van der Waals surface area contributed by atoms with Gasteiger partial charge in [0, 0.05) is 41.0 Å². The molecule has 3 heteroatoms. The van der Waals surface area contributed by atoms with Gasteiger partial charge in [0.2, 0.25) is 0 Å². The fourth-order valence-corrected chi connectivity index (χ4v) is 6.04. The topological polar surface area (TPSA) is 0 Å². The molecule has 1 nitrogen and oxygen atoms in total. The molecule has 0 aromatic carbocycles. The Labute approximate surface area is 141 Å². The van der Waals surface area contributed by atoms with Crippen LogP contribution in [0.4, 0.5) is 0 Å². The van der Waals surface area contributed by atoms with Crippen molar-refractivity contribution in [2.75, 3.05) is 14.1 Å². The second kappa shape index (κ2) is 5.63. The summed E-state index contributed by atoms with van der Waals surface area (Å²) in [7, 11) is 4.89. The molecular weight excluding hydrogens is 306 g/mol. The number of fused-ring (bicyclic) bond motifs is 2. The van der Waals surface area contributed by atoms with E-state index in [-0.39, 0.29) is 0 Å². The van der Waals surface area contributed by atoms with Gasteiger partial charge in [-0.3, -0.25) is 0 Å². The van der Waals surface area contributed by atoms with Gasteiger partial charge in [0.15, 0.2) is 0 Å². The van der Waals surface area contributed by atoms with Gasteiger partial charge in [-0.25, -0.2) is 0 Å². The first-order chi connectivity index (χ1) is 10.6. The first kappa shape index (κ1) is 14.7. The van der Waals surface area contributed by atoms with Crippen LogP contribution in [-0.4, -0.2) is 30.7 Å². The van der Waals surface area contributed by atoms with Crippen LogP contribution in [0.2, 0.25) is 0 Å². The number of piperidine rings is 1. The molecule has 3 atom stereocenters. The van der Waals surface area contributed by atoms with E-state index in [2.05, 4.69) is 55.2 Å². The monoisotopic (exact) mass is 330 g/mol. The number of rotatable bonds is 3. The zero-order chi connectivity index (χ0) is 15.2. The van der Waals surface area contributed by atoms with Gasteiger partial charge >= 0.3 is 0 Å². The van der Waals surface area contributed by atoms with Gasteiger partial charge in [-0.2, -0.15) is 0 Å². The quantitative estimate of drug-likeness (QED) is 0.674. The molecule has 0 amide bonds. The van der Waals surface area contributed by atoms with Crippen LogP contribution in [0, 0.1) is 5.92 Å². The minimum absolute atomic E-state index is 0.753. The molecule has 0 aliphatic carbocycles. The molecule has 116 valence electrons. The summed E-state index contributed by atoms with van der Waals surface area (Å²) in [5.74, 6) is 0.753. The summed E-state index contributed by atoms with van der Waals surface area (Å²) >= 11 is 3.74. The molecule has 4 rings (SSSR count). The molecule has 2 fully saturated rings. The molecule has 22 heavy (non-hydrogen) atoms. The van der Waals surface area contributed by atoms with Crippen LogP contribution < -0.4 is 0 Å². The van der Waals surface area contributed by atoms with E-state index in [0.717, 1.165) is 18.0 Å². The molecule has 0 saturated carbocycles. The Morgan fingerprint density at radius 1 is 1.00 bits per heavy atom. The zero-order valence-electron chi connectivity index (χ0n) is 13.4. The highest BCUT2D eigenvalue weighted by atomic mass is 32.1. The highest BCUT2D eigenvalue weighted by Gasteiger charge is 2.48. The van der Waals surface area contributed by atoms with Gasteiger partial charge in [0.25, 0.3) is 0 Å². The Morgan fingerprint density at radius 2 is 1.55 bits per heavy atom. The van der Waals surface area contributed by atoms with Crippen LogP contribution in [-0.2, 0) is 0 Å². The fourth-order valence-electron chi connectivity index (χ4n) is 4.44. The van der Waals surface area contributed by atoms with Crippen molar-refractivity contribution >= 4 is 28.2 Å². The van der Waals surface area contributed by atoms with Crippen molar-refractivity contribution in [3.63, 3.8) is 0 Å². The summed E-state index contributed by atoms with van der Waals surface area (Å²) in [6, 6.07) is 10.6. The first-order valence-electron chi connectivity index (χ1n) is 8.27. The lowest BCUT2D eigenvalue weighted by Gasteiger charge is -2.43. The molecule has 0 spiro atoms. The molecule has 2 bridgehead atoms. The predicted octanol–water partition coefficient (Wildman–Crippen LogP) is 5.26. The van der Waals surface area contributed by atoms with Gasteiger partial charge < -0.3 is 4.48 Å². The van der Waals surface area contributed by atoms with E-state index in [1.165, 1.54) is 45.5 Å². The van der Waals surface area contributed by atoms with Crippen LogP contribution in [0.5, 0.6) is 0 Å². The third-order valence-electron chi connectivity index (χ3n) is 5.84. The lowest BCUT2D eigenvalue weighted by Crippen LogP contribution is -2.54. The maximum absolute atomic E-state index is 2.60. The molecule has 0 unspecified atom stereocenters. The molecular formula is C19H24NS2+. The SMILES string of the molecule is C[N+]1(C)[C@@H]2CC[C@H]1C[C@@H](C=C(c1cccs1)c1cccs1)C2. The second-order valence-electron chi connectivity index (χ2n) is 7.28. The average Bonchev–Trinajstić information content (AvgIpc) is 3.19. The van der Waals surface area contributed by atoms with Gasteiger partial charge in [-0.05, 0) is 28.8 Å². The van der Waals surface area contributed by atoms with Gasteiger partial charge in [0.05, 0.1) is 26.2 Å². The molecule has 2 aliphatic heterocycles. The Morgan fingerprint density at radius 3 is 2.00 bits per heavy atom. The maximum atomic E-state index is 2.60. The second-order valence-corrected chi connectivity index (χ2v) is 9.18. The van der Waals surface area contributed by atoms with Crippen molar-refractivity contribution < 1.29 is 4.48 Å². The van der Waals surface area contributed by atoms with Crippen molar-refractivity contribution in [3.8, 4) is 0 Å². The number of hydrogen-bond donors (Lipinski definition) is 0. The third kappa shape index (κ3) is 2.49. The Kier molecular flexibility index (Phi) is 3.75. The van der Waals surface area contributed by atoms with E-state index in [1.807, 2.05) is 22.7 Å². The molecule has 2 aromatic rings. The normalized spacial score (nSPS) is 29.5. The van der Waals surface area contributed by atoms with Gasteiger partial charge in [0.1, 0.15) is 0 Å². The van der Waals surface area contributed by atoms with E-state index >= 15 is 0 Å². The first-order valence-corrected chi connectivity index (χ1v) is 10.0. The minimum atomic E-state index is 0.753. The van der Waals surface area contributed by atoms with E-state index in [0.29, 0.717) is 0 Å². The van der Waals surface area contributed by atoms with E-state index < -0.39 is 0 Å². The third-order valence-corrected chi connectivity index (χ3v) is 7.65. The van der Waals surface area contributed by atoms with Crippen molar-refractivity contribution in [1.82, 2.24) is 0 Å². The van der Waals surface area contributed by atoms with Crippen LogP contribution in [0.1, 0.15) is 35.4 Å². The zero-order valence-corrected chi connectivity index (χ0v) is 15.0. The van der Waals surface area contributed by atoms with Crippen molar-refractivity contribution in [1.29, 1.82) is 0 Å². The highest BCUT2D eigenvalue weighted by molar-refractivity contribution is 7.13. The predicted molar refractivity (Wildman–Crippen MR) is 97.4 cm³/mol. The molecule has 2 aliphatic rings.